The Hall–Kier alpha value is -2.88. The summed E-state index contributed by atoms with van der Waals surface area (Å²) in [7, 11) is 0. The number of hydrogen-bond acceptors (Lipinski definition) is 2. The molecule has 4 aromatic rings. The third kappa shape index (κ3) is 1.36. The van der Waals surface area contributed by atoms with Crippen LogP contribution in [0.3, 0.4) is 0 Å². The lowest BCUT2D eigenvalue weighted by Gasteiger charge is -2.07. The van der Waals surface area contributed by atoms with Crippen molar-refractivity contribution in [3.05, 3.63) is 75.3 Å². The molecule has 0 atom stereocenters. The third-order valence-corrected chi connectivity index (χ3v) is 3.56. The van der Waals surface area contributed by atoms with Gasteiger partial charge in [-0.25, -0.2) is 0 Å². The maximum absolute atomic E-state index is 12.7. The van der Waals surface area contributed by atoms with Crippen LogP contribution in [-0.4, -0.2) is 9.38 Å². The molecule has 2 aromatic heterocycles. The Morgan fingerprint density at radius 1 is 0.850 bits per heavy atom. The highest BCUT2D eigenvalue weighted by Crippen LogP contribution is 2.14. The van der Waals surface area contributed by atoms with Gasteiger partial charge in [-0.1, -0.05) is 30.3 Å². The largest absolute Gasteiger partial charge is 0.308 e. The predicted molar refractivity (Wildman–Crippen MR) is 79.3 cm³/mol. The second-order valence-corrected chi connectivity index (χ2v) is 4.73. The van der Waals surface area contributed by atoms with Gasteiger partial charge < -0.3 is 4.98 Å². The maximum atomic E-state index is 12.7. The molecule has 0 bridgehead atoms. The highest BCUT2D eigenvalue weighted by molar-refractivity contribution is 5.88. The molecule has 0 spiro atoms. The molecule has 0 amide bonds. The zero-order valence-electron chi connectivity index (χ0n) is 10.5. The van der Waals surface area contributed by atoms with E-state index < -0.39 is 0 Å². The first-order valence-corrected chi connectivity index (χ1v) is 6.31. The standard InChI is InChI=1S/C16H10N2O2/c19-15-12-7-3-4-8-13(12)18-14(17-15)9-10-5-1-2-6-11(10)16(18)20/h1-9H,(H,17,19). The lowest BCUT2D eigenvalue weighted by atomic mass is 10.1. The molecule has 0 saturated carbocycles. The van der Waals surface area contributed by atoms with Crippen molar-refractivity contribution in [3.8, 4) is 0 Å². The number of rotatable bonds is 0. The number of fused-ring (bicyclic) bond motifs is 4. The van der Waals surface area contributed by atoms with E-state index >= 15 is 0 Å². The summed E-state index contributed by atoms with van der Waals surface area (Å²) in [6, 6.07) is 16.3. The van der Waals surface area contributed by atoms with Crippen molar-refractivity contribution in [2.75, 3.05) is 0 Å². The molecule has 20 heavy (non-hydrogen) atoms. The Morgan fingerprint density at radius 2 is 1.55 bits per heavy atom. The summed E-state index contributed by atoms with van der Waals surface area (Å²) in [4.78, 5) is 27.5. The Labute approximate surface area is 112 Å². The van der Waals surface area contributed by atoms with Gasteiger partial charge in [0.25, 0.3) is 11.1 Å². The zero-order chi connectivity index (χ0) is 13.7. The van der Waals surface area contributed by atoms with Crippen molar-refractivity contribution >= 4 is 27.3 Å². The smallest absolute Gasteiger partial charge is 0.264 e. The fourth-order valence-corrected chi connectivity index (χ4v) is 2.63. The molecular formula is C16H10N2O2. The molecule has 1 N–H and O–H groups in total. The molecule has 0 radical (unpaired) electrons. The highest BCUT2D eigenvalue weighted by Gasteiger charge is 2.08. The quantitative estimate of drug-likeness (QED) is 0.390. The average Bonchev–Trinajstić information content (AvgIpc) is 2.47. The second-order valence-electron chi connectivity index (χ2n) is 4.73. The monoisotopic (exact) mass is 262 g/mol. The van der Waals surface area contributed by atoms with Crippen LogP contribution in [0.1, 0.15) is 0 Å². The topological polar surface area (TPSA) is 54.3 Å². The van der Waals surface area contributed by atoms with E-state index in [0.29, 0.717) is 21.9 Å². The first-order valence-electron chi connectivity index (χ1n) is 6.31. The number of benzene rings is 2. The normalized spacial score (nSPS) is 11.4. The van der Waals surface area contributed by atoms with Crippen molar-refractivity contribution in [1.82, 2.24) is 9.38 Å². The summed E-state index contributed by atoms with van der Waals surface area (Å²) in [5, 5.41) is 1.98. The summed E-state index contributed by atoms with van der Waals surface area (Å²) in [5.41, 5.74) is 0.834. The number of aromatic nitrogens is 2. The van der Waals surface area contributed by atoms with Crippen molar-refractivity contribution in [2.24, 2.45) is 0 Å². The van der Waals surface area contributed by atoms with Gasteiger partial charge in [0.2, 0.25) is 0 Å². The summed E-state index contributed by atoms with van der Waals surface area (Å²) in [6.07, 6.45) is 0. The fourth-order valence-electron chi connectivity index (χ4n) is 2.63. The number of para-hydroxylation sites is 1. The number of hydrogen-bond donors (Lipinski definition) is 1. The Morgan fingerprint density at radius 3 is 2.40 bits per heavy atom. The molecule has 4 heteroatoms. The van der Waals surface area contributed by atoms with Gasteiger partial charge in [-0.15, -0.1) is 0 Å². The van der Waals surface area contributed by atoms with E-state index in [9.17, 15) is 9.59 Å². The van der Waals surface area contributed by atoms with Gasteiger partial charge in [0.1, 0.15) is 5.65 Å². The second kappa shape index (κ2) is 3.81. The molecule has 4 nitrogen and oxygen atoms in total. The number of nitrogens with zero attached hydrogens (tertiary/aromatic N) is 1. The Balaban J connectivity index is 2.42. The fraction of sp³-hybridized carbons (Fsp3) is 0. The Kier molecular flexibility index (Phi) is 2.09. The molecule has 4 rings (SSSR count). The van der Waals surface area contributed by atoms with Crippen molar-refractivity contribution < 1.29 is 0 Å². The SMILES string of the molecule is O=c1[nH]c2cc3ccccc3c(=O)n2c2ccccc12. The van der Waals surface area contributed by atoms with Gasteiger partial charge in [0.15, 0.2) is 0 Å². The van der Waals surface area contributed by atoms with Crippen LogP contribution in [0.2, 0.25) is 0 Å². The van der Waals surface area contributed by atoms with Gasteiger partial charge in [0.05, 0.1) is 10.9 Å². The van der Waals surface area contributed by atoms with E-state index in [0.717, 1.165) is 5.39 Å². The van der Waals surface area contributed by atoms with Crippen molar-refractivity contribution in [2.45, 2.75) is 0 Å². The zero-order valence-corrected chi connectivity index (χ0v) is 10.5. The summed E-state index contributed by atoms with van der Waals surface area (Å²) >= 11 is 0. The molecule has 0 saturated heterocycles. The van der Waals surface area contributed by atoms with Gasteiger partial charge in [-0.05, 0) is 29.7 Å². The number of pyridine rings is 1. The van der Waals surface area contributed by atoms with Gasteiger partial charge >= 0.3 is 0 Å². The van der Waals surface area contributed by atoms with E-state index in [2.05, 4.69) is 4.98 Å². The molecule has 0 aliphatic heterocycles. The van der Waals surface area contributed by atoms with Gasteiger partial charge in [-0.3, -0.25) is 14.0 Å². The van der Waals surface area contributed by atoms with Crippen molar-refractivity contribution in [3.63, 3.8) is 0 Å². The lowest BCUT2D eigenvalue weighted by Crippen LogP contribution is -2.20. The molecule has 2 aromatic carbocycles. The molecule has 0 fully saturated rings. The van der Waals surface area contributed by atoms with E-state index in [1.54, 1.807) is 28.7 Å². The third-order valence-electron chi connectivity index (χ3n) is 3.56. The molecular weight excluding hydrogens is 252 g/mol. The summed E-state index contributed by atoms with van der Waals surface area (Å²) in [6.45, 7) is 0. The molecule has 0 unspecified atom stereocenters. The Bertz CT molecular complexity index is 1090. The van der Waals surface area contributed by atoms with E-state index in [4.69, 9.17) is 0 Å². The van der Waals surface area contributed by atoms with Crippen LogP contribution in [-0.2, 0) is 0 Å². The van der Waals surface area contributed by atoms with E-state index in [1.165, 1.54) is 0 Å². The minimum absolute atomic E-state index is 0.120. The van der Waals surface area contributed by atoms with Crippen LogP contribution in [0.25, 0.3) is 27.3 Å². The lowest BCUT2D eigenvalue weighted by molar-refractivity contribution is 1.10. The molecule has 0 aliphatic carbocycles. The maximum Gasteiger partial charge on any atom is 0.264 e. The molecule has 2 heterocycles. The first kappa shape index (κ1) is 11.0. The average molecular weight is 262 g/mol. The van der Waals surface area contributed by atoms with Crippen LogP contribution < -0.4 is 11.1 Å². The van der Waals surface area contributed by atoms with Crippen LogP contribution >= 0.6 is 0 Å². The first-order chi connectivity index (χ1) is 9.75. The predicted octanol–water partition coefficient (Wildman–Crippen LogP) is 2.29. The highest BCUT2D eigenvalue weighted by atomic mass is 16.1. The minimum Gasteiger partial charge on any atom is -0.308 e. The van der Waals surface area contributed by atoms with Gasteiger partial charge in [0, 0.05) is 5.39 Å². The van der Waals surface area contributed by atoms with E-state index in [-0.39, 0.29) is 11.1 Å². The summed E-state index contributed by atoms with van der Waals surface area (Å²) in [5.74, 6) is 0. The van der Waals surface area contributed by atoms with Crippen LogP contribution in [0, 0.1) is 0 Å². The molecule has 0 aliphatic rings. The van der Waals surface area contributed by atoms with Crippen LogP contribution in [0.4, 0.5) is 0 Å². The van der Waals surface area contributed by atoms with Crippen LogP contribution in [0.15, 0.2) is 64.2 Å². The number of aromatic amines is 1. The van der Waals surface area contributed by atoms with E-state index in [1.807, 2.05) is 30.3 Å². The van der Waals surface area contributed by atoms with Gasteiger partial charge in [-0.2, -0.15) is 0 Å². The van der Waals surface area contributed by atoms with Crippen molar-refractivity contribution in [1.29, 1.82) is 0 Å². The summed E-state index contributed by atoms with van der Waals surface area (Å²) < 4.78 is 1.55. The number of nitrogens with one attached hydrogen (secondary N) is 1. The minimum atomic E-state index is -0.185. The number of H-pyrrole nitrogens is 1. The molecule has 96 valence electrons. The van der Waals surface area contributed by atoms with Crippen LogP contribution in [0.5, 0.6) is 0 Å².